The standard InChI is InChI=1S/C66H39N3O2/c1-2-17-41(18-3-1)67-57-35-34-47-46-31-30-40-16-4-5-19-42(40)45(46)32-33-50(47)66(57)53-38-65-61(39-60(53)67)69(56-26-12-15-29-64(56)71-65)59-37-52-43-20-6-8-22-48(43)58(36-51(52)44-21-7-9-23-49(44)59)68-54-24-10-13-27-62(54)70-63-28-14-11-25-55(63)68/h1-39H. The molecule has 330 valence electrons. The van der Waals surface area contributed by atoms with Crippen LogP contribution in [0.25, 0.3) is 92.1 Å². The lowest BCUT2D eigenvalue weighted by molar-refractivity contribution is 0.477. The third-order valence-electron chi connectivity index (χ3n) is 15.1. The maximum absolute atomic E-state index is 7.08. The van der Waals surface area contributed by atoms with E-state index in [4.69, 9.17) is 9.47 Å². The van der Waals surface area contributed by atoms with Crippen molar-refractivity contribution >= 4 is 121 Å². The van der Waals surface area contributed by atoms with Crippen LogP contribution < -0.4 is 19.3 Å². The third kappa shape index (κ3) is 5.40. The zero-order valence-electron chi connectivity index (χ0n) is 38.2. The molecule has 13 aromatic carbocycles. The summed E-state index contributed by atoms with van der Waals surface area (Å²) < 4.78 is 16.0. The number of hydrogen-bond donors (Lipinski definition) is 0. The van der Waals surface area contributed by atoms with E-state index in [1.807, 2.05) is 12.1 Å². The minimum Gasteiger partial charge on any atom is -0.453 e. The summed E-state index contributed by atoms with van der Waals surface area (Å²) in [5, 5.41) is 16.8. The molecule has 0 radical (unpaired) electrons. The number of nitrogens with zero attached hydrogens (tertiary/aromatic N) is 3. The van der Waals surface area contributed by atoms with E-state index in [0.717, 1.165) is 90.0 Å². The van der Waals surface area contributed by atoms with Gasteiger partial charge in [-0.25, -0.2) is 0 Å². The second-order valence-electron chi connectivity index (χ2n) is 18.8. The van der Waals surface area contributed by atoms with Gasteiger partial charge in [0.05, 0.1) is 45.2 Å². The minimum atomic E-state index is 0.807. The lowest BCUT2D eigenvalue weighted by atomic mass is 9.93. The molecule has 71 heavy (non-hydrogen) atoms. The van der Waals surface area contributed by atoms with Gasteiger partial charge in [0.15, 0.2) is 23.0 Å². The van der Waals surface area contributed by atoms with Crippen molar-refractivity contribution in [3.8, 4) is 28.7 Å². The molecule has 0 unspecified atom stereocenters. The number of aromatic nitrogens is 1. The molecule has 1 aromatic heterocycles. The van der Waals surface area contributed by atoms with Gasteiger partial charge in [0.1, 0.15) is 0 Å². The molecule has 0 spiro atoms. The van der Waals surface area contributed by atoms with Gasteiger partial charge < -0.3 is 23.8 Å². The molecule has 0 amide bonds. The summed E-state index contributed by atoms with van der Waals surface area (Å²) in [5.74, 6) is 3.27. The molecule has 0 N–H and O–H groups in total. The topological polar surface area (TPSA) is 29.9 Å². The van der Waals surface area contributed by atoms with Crippen molar-refractivity contribution in [2.45, 2.75) is 0 Å². The van der Waals surface area contributed by atoms with E-state index in [1.54, 1.807) is 0 Å². The number of benzene rings is 13. The Morgan fingerprint density at radius 1 is 0.239 bits per heavy atom. The van der Waals surface area contributed by atoms with Crippen molar-refractivity contribution in [1.29, 1.82) is 0 Å². The van der Waals surface area contributed by atoms with Gasteiger partial charge in [0.25, 0.3) is 0 Å². The molecule has 16 rings (SSSR count). The Balaban J connectivity index is 0.979. The van der Waals surface area contributed by atoms with Crippen LogP contribution in [0.2, 0.25) is 0 Å². The quantitative estimate of drug-likeness (QED) is 0.165. The van der Waals surface area contributed by atoms with Gasteiger partial charge in [-0.05, 0) is 133 Å². The van der Waals surface area contributed by atoms with Crippen LogP contribution in [0.15, 0.2) is 237 Å². The molecule has 0 bridgehead atoms. The van der Waals surface area contributed by atoms with E-state index in [9.17, 15) is 0 Å². The molecule has 0 saturated carbocycles. The van der Waals surface area contributed by atoms with Crippen molar-refractivity contribution in [3.63, 3.8) is 0 Å². The van der Waals surface area contributed by atoms with Crippen LogP contribution in [0.3, 0.4) is 0 Å². The van der Waals surface area contributed by atoms with Crippen molar-refractivity contribution in [2.24, 2.45) is 0 Å². The number of rotatable bonds is 3. The number of anilines is 6. The zero-order chi connectivity index (χ0) is 46.3. The second-order valence-corrected chi connectivity index (χ2v) is 18.8. The smallest absolute Gasteiger partial charge is 0.152 e. The number of para-hydroxylation sites is 7. The predicted octanol–water partition coefficient (Wildman–Crippen LogP) is 18.9. The van der Waals surface area contributed by atoms with Crippen molar-refractivity contribution in [2.75, 3.05) is 9.80 Å². The average molecular weight is 906 g/mol. The Labute approximate surface area is 407 Å². The van der Waals surface area contributed by atoms with Crippen LogP contribution in [0.1, 0.15) is 0 Å². The number of fused-ring (bicyclic) bond motifs is 18. The molecule has 0 fully saturated rings. The Kier molecular flexibility index (Phi) is 7.82. The molecule has 0 atom stereocenters. The Bertz CT molecular complexity index is 4570. The second kappa shape index (κ2) is 14.5. The van der Waals surface area contributed by atoms with Gasteiger partial charge in [0.2, 0.25) is 0 Å². The molecule has 2 aliphatic heterocycles. The summed E-state index contributed by atoms with van der Waals surface area (Å²) in [6.07, 6.45) is 0. The fourth-order valence-corrected chi connectivity index (χ4v) is 12.0. The fraction of sp³-hybridized carbons (Fsp3) is 0. The highest BCUT2D eigenvalue weighted by atomic mass is 16.5. The van der Waals surface area contributed by atoms with E-state index in [-0.39, 0.29) is 0 Å². The largest absolute Gasteiger partial charge is 0.453 e. The van der Waals surface area contributed by atoms with Crippen LogP contribution in [0.5, 0.6) is 23.0 Å². The highest BCUT2D eigenvalue weighted by Gasteiger charge is 2.32. The normalized spacial score (nSPS) is 13.0. The summed E-state index contributed by atoms with van der Waals surface area (Å²) in [6.45, 7) is 0. The average Bonchev–Trinajstić information content (AvgIpc) is 3.76. The Morgan fingerprint density at radius 2 is 0.690 bits per heavy atom. The number of hydrogen-bond acceptors (Lipinski definition) is 4. The fourth-order valence-electron chi connectivity index (χ4n) is 12.0. The van der Waals surface area contributed by atoms with Gasteiger partial charge in [-0.3, -0.25) is 0 Å². The zero-order valence-corrected chi connectivity index (χ0v) is 38.2. The van der Waals surface area contributed by atoms with E-state index in [1.165, 1.54) is 59.2 Å². The summed E-state index contributed by atoms with van der Waals surface area (Å²) in [7, 11) is 0. The monoisotopic (exact) mass is 905 g/mol. The maximum Gasteiger partial charge on any atom is 0.152 e. The van der Waals surface area contributed by atoms with Gasteiger partial charge >= 0.3 is 0 Å². The first-order chi connectivity index (χ1) is 35.2. The van der Waals surface area contributed by atoms with Gasteiger partial charge in [-0.15, -0.1) is 0 Å². The Morgan fingerprint density at radius 3 is 1.34 bits per heavy atom. The van der Waals surface area contributed by atoms with E-state index < -0.39 is 0 Å². The molecule has 5 nitrogen and oxygen atoms in total. The molecule has 0 saturated heterocycles. The molecule has 2 aliphatic rings. The van der Waals surface area contributed by atoms with Gasteiger partial charge in [-0.1, -0.05) is 158 Å². The molecule has 5 heteroatoms. The minimum absolute atomic E-state index is 0.807. The van der Waals surface area contributed by atoms with E-state index in [2.05, 4.69) is 239 Å². The van der Waals surface area contributed by atoms with Crippen molar-refractivity contribution in [3.05, 3.63) is 237 Å². The SMILES string of the molecule is c1ccc(-n2c3cc4c(cc3c3c5ccc6c7ccccc7ccc6c5ccc32)Oc2ccccc2N4c2cc3c4ccccc4c(N4c5ccccc5Oc5ccccc54)cc3c3ccccc23)cc1. The van der Waals surface area contributed by atoms with Crippen molar-refractivity contribution < 1.29 is 9.47 Å². The highest BCUT2D eigenvalue weighted by Crippen LogP contribution is 2.57. The summed E-state index contributed by atoms with van der Waals surface area (Å²) in [6, 6.07) is 85.6. The summed E-state index contributed by atoms with van der Waals surface area (Å²) in [5.41, 5.74) is 9.51. The lowest BCUT2D eigenvalue weighted by Crippen LogP contribution is -2.17. The van der Waals surface area contributed by atoms with Crippen LogP contribution >= 0.6 is 0 Å². The third-order valence-corrected chi connectivity index (χ3v) is 15.1. The van der Waals surface area contributed by atoms with Crippen LogP contribution in [-0.4, -0.2) is 4.57 Å². The van der Waals surface area contributed by atoms with Crippen LogP contribution in [0.4, 0.5) is 34.1 Å². The summed E-state index contributed by atoms with van der Waals surface area (Å²) >= 11 is 0. The first kappa shape index (κ1) is 38.4. The van der Waals surface area contributed by atoms with E-state index >= 15 is 0 Å². The Hall–Kier alpha value is -9.58. The first-order valence-electron chi connectivity index (χ1n) is 24.2. The molecular weight excluding hydrogens is 867 g/mol. The first-order valence-corrected chi connectivity index (χ1v) is 24.2. The van der Waals surface area contributed by atoms with Crippen LogP contribution in [-0.2, 0) is 0 Å². The molecular formula is C66H39N3O2. The highest BCUT2D eigenvalue weighted by molar-refractivity contribution is 6.29. The van der Waals surface area contributed by atoms with E-state index in [0.29, 0.717) is 0 Å². The van der Waals surface area contributed by atoms with Crippen LogP contribution in [0, 0.1) is 0 Å². The maximum atomic E-state index is 7.08. The van der Waals surface area contributed by atoms with Crippen molar-refractivity contribution in [1.82, 2.24) is 4.57 Å². The van der Waals surface area contributed by atoms with Gasteiger partial charge in [0, 0.05) is 27.2 Å². The molecule has 3 heterocycles. The lowest BCUT2D eigenvalue weighted by Gasteiger charge is -2.35. The molecule has 14 aromatic rings. The predicted molar refractivity (Wildman–Crippen MR) is 295 cm³/mol. The van der Waals surface area contributed by atoms with Gasteiger partial charge in [-0.2, -0.15) is 0 Å². The molecule has 0 aliphatic carbocycles. The number of ether oxygens (including phenoxy) is 2. The summed E-state index contributed by atoms with van der Waals surface area (Å²) in [4.78, 5) is 4.81.